The standard InChI is InChI=1S/C23H24N2O2Si/c1-4-28(5-2,6-3)16-15-23(27)18-12-8-10-14-20(18)25-21(26)17-11-7-9-13-19(17)24-22(23)25/h7-14,27H,4-6H2,1-3H3. The Morgan fingerprint density at radius 3 is 2.39 bits per heavy atom. The second kappa shape index (κ2) is 6.73. The van der Waals surface area contributed by atoms with Crippen molar-refractivity contribution >= 4 is 19.0 Å². The lowest BCUT2D eigenvalue weighted by molar-refractivity contribution is 0.141. The van der Waals surface area contributed by atoms with Gasteiger partial charge in [0.1, 0.15) is 8.07 Å². The van der Waals surface area contributed by atoms with Crippen LogP contribution in [0.25, 0.3) is 16.6 Å². The molecular formula is C23H24N2O2Si. The predicted octanol–water partition coefficient (Wildman–Crippen LogP) is 3.99. The van der Waals surface area contributed by atoms with Crippen molar-refractivity contribution in [2.75, 3.05) is 0 Å². The first-order chi connectivity index (χ1) is 13.5. The van der Waals surface area contributed by atoms with Crippen molar-refractivity contribution in [2.45, 2.75) is 44.5 Å². The van der Waals surface area contributed by atoms with E-state index in [0.717, 1.165) is 18.1 Å². The van der Waals surface area contributed by atoms with Gasteiger partial charge in [0.15, 0.2) is 5.82 Å². The lowest BCUT2D eigenvalue weighted by atomic mass is 9.96. The zero-order valence-electron chi connectivity index (χ0n) is 16.5. The third-order valence-corrected chi connectivity index (χ3v) is 10.9. The zero-order valence-corrected chi connectivity index (χ0v) is 17.5. The average Bonchev–Trinajstić information content (AvgIpc) is 2.99. The minimum Gasteiger partial charge on any atom is -0.367 e. The van der Waals surface area contributed by atoms with Gasteiger partial charge in [-0.1, -0.05) is 57.0 Å². The highest BCUT2D eigenvalue weighted by Crippen LogP contribution is 2.39. The molecule has 0 aliphatic carbocycles. The molecule has 1 atom stereocenters. The second-order valence-electron chi connectivity index (χ2n) is 7.41. The van der Waals surface area contributed by atoms with Crippen LogP contribution < -0.4 is 5.56 Å². The van der Waals surface area contributed by atoms with Gasteiger partial charge in [-0.3, -0.25) is 9.36 Å². The Labute approximate surface area is 165 Å². The summed E-state index contributed by atoms with van der Waals surface area (Å²) in [5.74, 6) is 3.50. The minimum atomic E-state index is -1.78. The quantitative estimate of drug-likeness (QED) is 0.545. The van der Waals surface area contributed by atoms with Crippen LogP contribution in [0, 0.1) is 11.5 Å². The molecule has 0 saturated heterocycles. The molecule has 4 rings (SSSR count). The molecule has 1 N–H and O–H groups in total. The lowest BCUT2D eigenvalue weighted by Crippen LogP contribution is -2.33. The SMILES string of the molecule is CC[Si](C#CC1(O)c2ccccc2-n2c1nc1ccccc1c2=O)(CC)CC. The van der Waals surface area contributed by atoms with E-state index < -0.39 is 13.7 Å². The number of aromatic nitrogens is 2. The topological polar surface area (TPSA) is 55.1 Å². The van der Waals surface area contributed by atoms with E-state index in [1.54, 1.807) is 12.1 Å². The van der Waals surface area contributed by atoms with Crippen LogP contribution in [0.3, 0.4) is 0 Å². The molecule has 28 heavy (non-hydrogen) atoms. The van der Waals surface area contributed by atoms with E-state index in [-0.39, 0.29) is 5.56 Å². The molecule has 5 heteroatoms. The van der Waals surface area contributed by atoms with Crippen LogP contribution in [0.2, 0.25) is 18.1 Å². The van der Waals surface area contributed by atoms with Gasteiger partial charge in [0.05, 0.1) is 16.6 Å². The first-order valence-corrected chi connectivity index (χ1v) is 12.5. The summed E-state index contributed by atoms with van der Waals surface area (Å²) in [6, 6.07) is 17.8. The third kappa shape index (κ3) is 2.56. The molecule has 1 aromatic heterocycles. The Balaban J connectivity index is 2.05. The Bertz CT molecular complexity index is 1180. The van der Waals surface area contributed by atoms with Gasteiger partial charge in [0.2, 0.25) is 5.60 Å². The summed E-state index contributed by atoms with van der Waals surface area (Å²) in [6.07, 6.45) is 0. The lowest BCUT2D eigenvalue weighted by Gasteiger charge is -2.22. The zero-order chi connectivity index (χ0) is 19.9. The minimum absolute atomic E-state index is 0.171. The van der Waals surface area contributed by atoms with Crippen molar-refractivity contribution in [2.24, 2.45) is 0 Å². The first-order valence-electron chi connectivity index (χ1n) is 9.88. The van der Waals surface area contributed by atoms with E-state index in [4.69, 9.17) is 0 Å². The highest BCUT2D eigenvalue weighted by molar-refractivity contribution is 6.87. The number of para-hydroxylation sites is 2. The first kappa shape index (κ1) is 18.7. The summed E-state index contributed by atoms with van der Waals surface area (Å²) >= 11 is 0. The van der Waals surface area contributed by atoms with Gasteiger partial charge in [-0.2, -0.15) is 0 Å². The van der Waals surface area contributed by atoms with Crippen molar-refractivity contribution in [1.29, 1.82) is 0 Å². The Kier molecular flexibility index (Phi) is 4.49. The van der Waals surface area contributed by atoms with E-state index in [0.29, 0.717) is 28.0 Å². The molecule has 0 amide bonds. The molecule has 3 aromatic rings. The second-order valence-corrected chi connectivity index (χ2v) is 12.3. The van der Waals surface area contributed by atoms with Crippen LogP contribution in [-0.2, 0) is 5.60 Å². The maximum Gasteiger partial charge on any atom is 0.266 e. The number of hydrogen-bond acceptors (Lipinski definition) is 3. The number of fused-ring (bicyclic) bond motifs is 4. The molecule has 2 aromatic carbocycles. The molecule has 2 heterocycles. The summed E-state index contributed by atoms with van der Waals surface area (Å²) in [7, 11) is -1.78. The van der Waals surface area contributed by atoms with Crippen molar-refractivity contribution < 1.29 is 5.11 Å². The van der Waals surface area contributed by atoms with Gasteiger partial charge in [0.25, 0.3) is 5.56 Å². The smallest absolute Gasteiger partial charge is 0.266 e. The van der Waals surface area contributed by atoms with Crippen molar-refractivity contribution in [3.8, 4) is 17.2 Å². The van der Waals surface area contributed by atoms with Crippen molar-refractivity contribution in [3.63, 3.8) is 0 Å². The summed E-state index contributed by atoms with van der Waals surface area (Å²) in [6.45, 7) is 6.56. The molecule has 0 saturated carbocycles. The summed E-state index contributed by atoms with van der Waals surface area (Å²) in [5.41, 5.74) is 3.63. The highest BCUT2D eigenvalue weighted by Gasteiger charge is 2.44. The fourth-order valence-electron chi connectivity index (χ4n) is 4.06. The normalized spacial score (nSPS) is 17.7. The summed E-state index contributed by atoms with van der Waals surface area (Å²) in [5, 5.41) is 12.3. The van der Waals surface area contributed by atoms with Crippen LogP contribution in [0.4, 0.5) is 0 Å². The number of hydrogen-bond donors (Lipinski definition) is 1. The number of nitrogens with zero attached hydrogens (tertiary/aromatic N) is 2. The molecule has 0 spiro atoms. The van der Waals surface area contributed by atoms with Crippen LogP contribution in [-0.4, -0.2) is 22.7 Å². The molecule has 0 bridgehead atoms. The molecule has 1 aliphatic heterocycles. The highest BCUT2D eigenvalue weighted by atomic mass is 28.3. The maximum atomic E-state index is 13.2. The molecule has 1 aliphatic rings. The van der Waals surface area contributed by atoms with E-state index >= 15 is 0 Å². The summed E-state index contributed by atoms with van der Waals surface area (Å²) in [4.78, 5) is 17.9. The average molecular weight is 389 g/mol. The Morgan fingerprint density at radius 1 is 1.04 bits per heavy atom. The van der Waals surface area contributed by atoms with Gasteiger partial charge in [-0.25, -0.2) is 4.98 Å². The van der Waals surface area contributed by atoms with Gasteiger partial charge in [-0.15, -0.1) is 5.54 Å². The molecule has 142 valence electrons. The van der Waals surface area contributed by atoms with Crippen LogP contribution >= 0.6 is 0 Å². The van der Waals surface area contributed by atoms with Crippen LogP contribution in [0.5, 0.6) is 0 Å². The molecule has 4 nitrogen and oxygen atoms in total. The van der Waals surface area contributed by atoms with Gasteiger partial charge in [-0.05, 0) is 36.3 Å². The molecular weight excluding hydrogens is 364 g/mol. The third-order valence-electron chi connectivity index (χ3n) is 6.17. The molecule has 1 unspecified atom stereocenters. The van der Waals surface area contributed by atoms with E-state index in [9.17, 15) is 9.90 Å². The maximum absolute atomic E-state index is 13.2. The van der Waals surface area contributed by atoms with E-state index in [1.807, 2.05) is 36.4 Å². The number of benzene rings is 2. The summed E-state index contributed by atoms with van der Waals surface area (Å²) < 4.78 is 1.53. The largest absolute Gasteiger partial charge is 0.367 e. The monoisotopic (exact) mass is 388 g/mol. The van der Waals surface area contributed by atoms with Gasteiger partial charge < -0.3 is 5.11 Å². The van der Waals surface area contributed by atoms with Crippen LogP contribution in [0.15, 0.2) is 53.3 Å². The van der Waals surface area contributed by atoms with E-state index in [1.165, 1.54) is 4.57 Å². The van der Waals surface area contributed by atoms with Crippen LogP contribution in [0.1, 0.15) is 32.2 Å². The number of aliphatic hydroxyl groups is 1. The Morgan fingerprint density at radius 2 is 1.68 bits per heavy atom. The molecule has 0 radical (unpaired) electrons. The fraction of sp³-hybridized carbons (Fsp3) is 0.304. The van der Waals surface area contributed by atoms with E-state index in [2.05, 4.69) is 37.2 Å². The van der Waals surface area contributed by atoms with Gasteiger partial charge >= 0.3 is 0 Å². The van der Waals surface area contributed by atoms with Gasteiger partial charge in [0, 0.05) is 5.56 Å². The number of rotatable bonds is 3. The van der Waals surface area contributed by atoms with Crippen molar-refractivity contribution in [3.05, 3.63) is 70.3 Å². The predicted molar refractivity (Wildman–Crippen MR) is 115 cm³/mol. The molecule has 0 fully saturated rings. The fourth-order valence-corrected chi connectivity index (χ4v) is 6.53. The Hall–Kier alpha value is -2.68. The van der Waals surface area contributed by atoms with Crippen molar-refractivity contribution in [1.82, 2.24) is 9.55 Å².